The van der Waals surface area contributed by atoms with Crippen LogP contribution in [0.25, 0.3) is 22.4 Å². The summed E-state index contributed by atoms with van der Waals surface area (Å²) in [6.07, 6.45) is 3.51. The summed E-state index contributed by atoms with van der Waals surface area (Å²) >= 11 is 3.52. The summed E-state index contributed by atoms with van der Waals surface area (Å²) in [5.74, 6) is 1.87. The highest BCUT2D eigenvalue weighted by molar-refractivity contribution is 9.10. The number of H-pyrrole nitrogens is 1. The number of carbonyl (C=O) groups is 1. The van der Waals surface area contributed by atoms with Gasteiger partial charge >= 0.3 is 0 Å². The number of imidazole rings is 2. The molecule has 0 bridgehead atoms. The minimum absolute atomic E-state index is 0.0701. The van der Waals surface area contributed by atoms with Crippen LogP contribution < -0.4 is 0 Å². The molecule has 1 saturated carbocycles. The van der Waals surface area contributed by atoms with E-state index in [1.165, 1.54) is 31.7 Å². The number of hydrogen-bond donors (Lipinski definition) is 1. The Bertz CT molecular complexity index is 1570. The molecule has 0 radical (unpaired) electrons. The summed E-state index contributed by atoms with van der Waals surface area (Å²) in [5, 5.41) is 0. The van der Waals surface area contributed by atoms with Crippen molar-refractivity contribution in [3.8, 4) is 11.4 Å². The molecule has 2 aromatic carbocycles. The number of alkyl halides is 1. The maximum Gasteiger partial charge on any atom is 0.256 e. The summed E-state index contributed by atoms with van der Waals surface area (Å²) in [6.45, 7) is 4.33. The first kappa shape index (κ1) is 25.0. The zero-order chi connectivity index (χ0) is 26.8. The van der Waals surface area contributed by atoms with E-state index in [4.69, 9.17) is 4.98 Å². The van der Waals surface area contributed by atoms with Crippen LogP contribution in [0.2, 0.25) is 0 Å². The van der Waals surface area contributed by atoms with Crippen LogP contribution in [0.5, 0.6) is 0 Å². The van der Waals surface area contributed by atoms with Crippen molar-refractivity contribution < 1.29 is 9.18 Å². The molecule has 3 aliphatic rings. The number of fused-ring (bicyclic) bond motifs is 1. The number of nitrogens with zero attached hydrogens (tertiary/aromatic N) is 5. The maximum absolute atomic E-state index is 14.2. The normalized spacial score (nSPS) is 20.5. The van der Waals surface area contributed by atoms with Crippen LogP contribution in [0.1, 0.15) is 77.5 Å². The summed E-state index contributed by atoms with van der Waals surface area (Å²) in [4.78, 5) is 31.1. The predicted molar refractivity (Wildman–Crippen MR) is 153 cm³/mol. The highest BCUT2D eigenvalue weighted by Crippen LogP contribution is 2.40. The fourth-order valence-corrected chi connectivity index (χ4v) is 6.81. The van der Waals surface area contributed by atoms with Gasteiger partial charge < -0.3 is 19.4 Å². The molecule has 4 aromatic rings. The molecule has 4 heterocycles. The lowest BCUT2D eigenvalue weighted by Gasteiger charge is -2.38. The summed E-state index contributed by atoms with van der Waals surface area (Å²) in [6, 6.07) is 12.5. The Morgan fingerprint density at radius 1 is 1.10 bits per heavy atom. The predicted octanol–water partition coefficient (Wildman–Crippen LogP) is 6.17. The number of aromatic nitrogens is 4. The smallest absolute Gasteiger partial charge is 0.256 e. The van der Waals surface area contributed by atoms with Gasteiger partial charge in [0.15, 0.2) is 6.17 Å². The fourth-order valence-electron chi connectivity index (χ4n) is 6.39. The third kappa shape index (κ3) is 4.12. The van der Waals surface area contributed by atoms with Gasteiger partial charge in [0, 0.05) is 42.6 Å². The van der Waals surface area contributed by atoms with Crippen molar-refractivity contribution in [1.82, 2.24) is 29.3 Å². The molecule has 0 saturated heterocycles. The zero-order valence-electron chi connectivity index (χ0n) is 22.3. The molecule has 9 heteroatoms. The van der Waals surface area contributed by atoms with Crippen molar-refractivity contribution in [2.75, 3.05) is 26.7 Å². The number of amides is 1. The molecule has 2 aromatic heterocycles. The Balaban J connectivity index is 1.27. The zero-order valence-corrected chi connectivity index (χ0v) is 23.8. The molecular weight excluding hydrogens is 559 g/mol. The van der Waals surface area contributed by atoms with E-state index in [9.17, 15) is 9.18 Å². The van der Waals surface area contributed by atoms with Crippen LogP contribution in [-0.2, 0) is 13.0 Å². The lowest BCUT2D eigenvalue weighted by molar-refractivity contribution is 0.0586. The van der Waals surface area contributed by atoms with Gasteiger partial charge in [-0.1, -0.05) is 30.7 Å². The van der Waals surface area contributed by atoms with E-state index in [2.05, 4.69) is 66.7 Å². The first-order valence-corrected chi connectivity index (χ1v) is 14.7. The Hall–Kier alpha value is -3.04. The molecule has 2 aliphatic heterocycles. The second-order valence-electron chi connectivity index (χ2n) is 11.3. The topological polar surface area (TPSA) is 70.1 Å². The van der Waals surface area contributed by atoms with Crippen LogP contribution in [-0.4, -0.2) is 61.9 Å². The number of benzene rings is 2. The van der Waals surface area contributed by atoms with Gasteiger partial charge in [-0.15, -0.1) is 0 Å². The Labute approximate surface area is 235 Å². The van der Waals surface area contributed by atoms with Gasteiger partial charge in [0.2, 0.25) is 0 Å². The van der Waals surface area contributed by atoms with Crippen molar-refractivity contribution >= 4 is 32.9 Å². The second-order valence-corrected chi connectivity index (χ2v) is 12.1. The molecule has 1 N–H and O–H groups in total. The van der Waals surface area contributed by atoms with E-state index in [0.717, 1.165) is 46.8 Å². The molecule has 0 spiro atoms. The molecular formula is C30H32BrFN6O. The highest BCUT2D eigenvalue weighted by Gasteiger charge is 2.39. The molecule has 1 aliphatic carbocycles. The van der Waals surface area contributed by atoms with Crippen molar-refractivity contribution in [3.63, 3.8) is 0 Å². The highest BCUT2D eigenvalue weighted by atomic mass is 79.9. The number of halogens is 2. The van der Waals surface area contributed by atoms with Crippen molar-refractivity contribution in [2.24, 2.45) is 0 Å². The van der Waals surface area contributed by atoms with Crippen LogP contribution in [0.15, 0.2) is 40.9 Å². The van der Waals surface area contributed by atoms with Gasteiger partial charge in [0.1, 0.15) is 17.2 Å². The number of hydrogen-bond acceptors (Lipinski definition) is 4. The van der Waals surface area contributed by atoms with Crippen molar-refractivity contribution in [1.29, 1.82) is 0 Å². The van der Waals surface area contributed by atoms with Crippen LogP contribution in [0, 0.1) is 0 Å². The van der Waals surface area contributed by atoms with E-state index in [0.29, 0.717) is 35.6 Å². The summed E-state index contributed by atoms with van der Waals surface area (Å²) < 4.78 is 17.2. The monoisotopic (exact) mass is 590 g/mol. The average molecular weight is 592 g/mol. The minimum atomic E-state index is -1.25. The van der Waals surface area contributed by atoms with Crippen molar-refractivity contribution in [2.45, 2.75) is 57.3 Å². The van der Waals surface area contributed by atoms with Gasteiger partial charge in [-0.05, 0) is 66.4 Å². The molecule has 1 amide bonds. The Morgan fingerprint density at radius 3 is 2.62 bits per heavy atom. The van der Waals surface area contributed by atoms with Gasteiger partial charge in [0.25, 0.3) is 5.91 Å². The molecule has 2 unspecified atom stereocenters. The second kappa shape index (κ2) is 9.55. The van der Waals surface area contributed by atoms with Gasteiger partial charge in [0.05, 0.1) is 28.5 Å². The van der Waals surface area contributed by atoms with E-state index < -0.39 is 6.17 Å². The third-order valence-corrected chi connectivity index (χ3v) is 9.42. The quantitative estimate of drug-likeness (QED) is 0.308. The van der Waals surface area contributed by atoms with Gasteiger partial charge in [-0.3, -0.25) is 4.79 Å². The van der Waals surface area contributed by atoms with E-state index in [1.807, 2.05) is 17.0 Å². The maximum atomic E-state index is 14.2. The Morgan fingerprint density at radius 2 is 1.90 bits per heavy atom. The third-order valence-electron chi connectivity index (χ3n) is 8.78. The first-order valence-electron chi connectivity index (χ1n) is 13.9. The molecule has 202 valence electrons. The molecule has 7 nitrogen and oxygen atoms in total. The van der Waals surface area contributed by atoms with Crippen LogP contribution in [0.3, 0.4) is 0 Å². The largest absolute Gasteiger partial charge is 0.339 e. The fraction of sp³-hybridized carbons (Fsp3) is 0.433. The number of aromatic amines is 1. The summed E-state index contributed by atoms with van der Waals surface area (Å²) in [7, 11) is 2.11. The van der Waals surface area contributed by atoms with Crippen LogP contribution in [0.4, 0.5) is 4.39 Å². The lowest BCUT2D eigenvalue weighted by atomic mass is 9.80. The number of rotatable bonds is 4. The molecule has 1 fully saturated rings. The standard InChI is InChI=1S/C30H32BrFN6O/c1-17(32)28-34-25-21(10-11-22(31)26(25)35-28)30(39)37-14-15-38-27-23(12-13-36(2)16-24(27)37)33-29(38)20-8-6-19(7-9-20)18-4-3-5-18/h6-11,17-18,24H,3-5,12-16H2,1-2H3,(H,34,35). The van der Waals surface area contributed by atoms with Crippen LogP contribution >= 0.6 is 15.9 Å². The van der Waals surface area contributed by atoms with Gasteiger partial charge in [-0.2, -0.15) is 0 Å². The minimum Gasteiger partial charge on any atom is -0.339 e. The SMILES string of the molecule is CC(F)c1nc2c(Br)ccc(C(=O)N3CCn4c(-c5ccc(C6CCC6)cc5)nc5c4C3CN(C)CC5)c2[nH]1. The molecule has 7 rings (SSSR count). The van der Waals surface area contributed by atoms with Gasteiger partial charge in [-0.25, -0.2) is 14.4 Å². The molecule has 2 atom stereocenters. The number of carbonyl (C=O) groups excluding carboxylic acids is 1. The first-order chi connectivity index (χ1) is 18.9. The number of likely N-dealkylation sites (N-methyl/N-ethyl adjacent to an activating group) is 1. The summed E-state index contributed by atoms with van der Waals surface area (Å²) in [5.41, 5.74) is 6.46. The van der Waals surface area contributed by atoms with E-state index in [1.54, 1.807) is 0 Å². The van der Waals surface area contributed by atoms with E-state index >= 15 is 0 Å². The average Bonchev–Trinajstić information content (AvgIpc) is 3.46. The number of nitrogens with one attached hydrogen (secondary N) is 1. The Kier molecular flexibility index (Phi) is 6.12. The molecule has 39 heavy (non-hydrogen) atoms. The van der Waals surface area contributed by atoms with E-state index in [-0.39, 0.29) is 17.8 Å². The lowest BCUT2D eigenvalue weighted by Crippen LogP contribution is -2.45. The van der Waals surface area contributed by atoms with Crippen molar-refractivity contribution in [3.05, 3.63) is 69.2 Å².